The van der Waals surface area contributed by atoms with Gasteiger partial charge in [0.2, 0.25) is 0 Å². The first-order valence-corrected chi connectivity index (χ1v) is 14.2. The van der Waals surface area contributed by atoms with Crippen LogP contribution in [0.5, 0.6) is 0 Å². The van der Waals surface area contributed by atoms with Gasteiger partial charge in [0.1, 0.15) is 11.3 Å². The summed E-state index contributed by atoms with van der Waals surface area (Å²) >= 11 is 0. The summed E-state index contributed by atoms with van der Waals surface area (Å²) in [6.07, 6.45) is 8.79. The van der Waals surface area contributed by atoms with Crippen LogP contribution in [0.15, 0.2) is 48.5 Å². The van der Waals surface area contributed by atoms with Crippen molar-refractivity contribution in [2.24, 2.45) is 5.92 Å². The normalized spacial score (nSPS) is 14.6. The van der Waals surface area contributed by atoms with Crippen molar-refractivity contribution in [2.45, 2.75) is 91.3 Å². The second-order valence-electron chi connectivity index (χ2n) is 11.9. The highest BCUT2D eigenvalue weighted by Gasteiger charge is 2.24. The molecule has 0 bridgehead atoms. The molecule has 2 heterocycles. The monoisotopic (exact) mass is 497 g/mol. The molecule has 1 aliphatic carbocycles. The smallest absolute Gasteiger partial charge is 0.152 e. The number of hydrogen-bond acceptors (Lipinski definition) is 4. The molecule has 0 aliphatic heterocycles. The Labute approximate surface area is 222 Å². The Morgan fingerprint density at radius 3 is 2.41 bits per heavy atom. The number of para-hydroxylation sites is 1. The summed E-state index contributed by atoms with van der Waals surface area (Å²) in [7, 11) is 0. The zero-order valence-corrected chi connectivity index (χ0v) is 23.1. The third kappa shape index (κ3) is 5.67. The highest BCUT2D eigenvalue weighted by atomic mass is 15.2. The first kappa shape index (κ1) is 25.7. The Balaban J connectivity index is 1.41. The molecule has 0 saturated heterocycles. The van der Waals surface area contributed by atoms with Crippen molar-refractivity contribution in [1.29, 1.82) is 0 Å². The van der Waals surface area contributed by atoms with E-state index in [4.69, 9.17) is 10.7 Å². The van der Waals surface area contributed by atoms with Gasteiger partial charge < -0.3 is 10.3 Å². The van der Waals surface area contributed by atoms with Gasteiger partial charge in [-0.2, -0.15) is 0 Å². The molecule has 1 aliphatic rings. The second kappa shape index (κ2) is 10.8. The van der Waals surface area contributed by atoms with Gasteiger partial charge in [-0.1, -0.05) is 75.1 Å². The molecule has 0 atom stereocenters. The van der Waals surface area contributed by atoms with E-state index in [2.05, 4.69) is 78.5 Å². The number of rotatable bonds is 10. The van der Waals surface area contributed by atoms with Crippen molar-refractivity contribution in [3.8, 4) is 0 Å². The number of unbranched alkanes of at least 4 members (excludes halogenated alkanes) is 1. The van der Waals surface area contributed by atoms with Gasteiger partial charge in [0.05, 0.1) is 11.0 Å². The van der Waals surface area contributed by atoms with E-state index in [1.54, 1.807) is 0 Å². The Kier molecular flexibility index (Phi) is 7.52. The largest absolute Gasteiger partial charge is 0.382 e. The molecule has 5 rings (SSSR count). The van der Waals surface area contributed by atoms with Crippen molar-refractivity contribution in [2.75, 3.05) is 12.3 Å². The van der Waals surface area contributed by atoms with E-state index in [1.807, 2.05) is 12.1 Å². The molecule has 0 unspecified atom stereocenters. The van der Waals surface area contributed by atoms with Gasteiger partial charge >= 0.3 is 0 Å². The van der Waals surface area contributed by atoms with Gasteiger partial charge in [0.25, 0.3) is 0 Å². The zero-order chi connectivity index (χ0) is 26.0. The minimum absolute atomic E-state index is 0.168. The van der Waals surface area contributed by atoms with Gasteiger partial charge in [-0.05, 0) is 63.3 Å². The van der Waals surface area contributed by atoms with E-state index in [-0.39, 0.29) is 5.54 Å². The number of aryl methyl sites for hydroxylation is 1. The van der Waals surface area contributed by atoms with Gasteiger partial charge in [-0.25, -0.2) is 9.97 Å². The summed E-state index contributed by atoms with van der Waals surface area (Å²) in [4.78, 5) is 12.3. The molecule has 5 nitrogen and oxygen atoms in total. The fourth-order valence-corrected chi connectivity index (χ4v) is 5.53. The Bertz CT molecular complexity index is 1340. The number of nitrogens with zero attached hydrogens (tertiary/aromatic N) is 4. The molecule has 2 aromatic heterocycles. The maximum Gasteiger partial charge on any atom is 0.152 e. The number of benzene rings is 2. The maximum absolute atomic E-state index is 6.39. The fraction of sp³-hybridized carbons (Fsp3) is 0.500. The maximum atomic E-state index is 6.39. The van der Waals surface area contributed by atoms with Crippen LogP contribution in [0, 0.1) is 5.92 Å². The molecule has 5 heteroatoms. The molecule has 0 radical (unpaired) electrons. The second-order valence-corrected chi connectivity index (χ2v) is 11.9. The predicted molar refractivity (Wildman–Crippen MR) is 156 cm³/mol. The number of imidazole rings is 1. The summed E-state index contributed by atoms with van der Waals surface area (Å²) in [5, 5.41) is 1.12. The molecule has 1 saturated carbocycles. The molecule has 1 fully saturated rings. The van der Waals surface area contributed by atoms with Crippen LogP contribution in [0.2, 0.25) is 0 Å². The number of nitrogens with two attached hydrogens (primary N) is 1. The Hall–Kier alpha value is -2.92. The van der Waals surface area contributed by atoms with Crippen LogP contribution in [0.4, 0.5) is 5.82 Å². The minimum atomic E-state index is 0.168. The topological polar surface area (TPSA) is 60.0 Å². The highest BCUT2D eigenvalue weighted by molar-refractivity contribution is 6.06. The summed E-state index contributed by atoms with van der Waals surface area (Å²) in [5.74, 6) is 2.56. The minimum Gasteiger partial charge on any atom is -0.382 e. The summed E-state index contributed by atoms with van der Waals surface area (Å²) in [6, 6.07) is 17.5. The molecule has 0 spiro atoms. The lowest BCUT2D eigenvalue weighted by Gasteiger charge is -2.38. The SMILES string of the molecule is CCCCc1nc2c(N)nc3ccccc3c2n1Cc1ccc(CN(CCC2CCC2)C(C)(C)C)cc1. The number of aromatic nitrogens is 3. The van der Waals surface area contributed by atoms with Crippen molar-refractivity contribution in [1.82, 2.24) is 19.4 Å². The van der Waals surface area contributed by atoms with Crippen molar-refractivity contribution >= 4 is 27.8 Å². The standard InChI is InChI=1S/C32H43N5/c1-5-6-14-28-35-29-30(26-12-7-8-13-27(26)34-31(29)33)37(28)22-25-17-15-24(16-18-25)21-36(32(2,3)4)20-19-23-10-9-11-23/h7-8,12-13,15-18,23H,5-6,9-11,14,19-22H2,1-4H3,(H2,33,34). The summed E-state index contributed by atoms with van der Waals surface area (Å²) in [6.45, 7) is 12.2. The van der Waals surface area contributed by atoms with Gasteiger partial charge in [-0.3, -0.25) is 4.90 Å². The lowest BCUT2D eigenvalue weighted by molar-refractivity contribution is 0.109. The van der Waals surface area contributed by atoms with E-state index in [0.717, 1.165) is 66.0 Å². The summed E-state index contributed by atoms with van der Waals surface area (Å²) in [5.41, 5.74) is 12.1. The lowest BCUT2D eigenvalue weighted by atomic mass is 9.82. The fourth-order valence-electron chi connectivity index (χ4n) is 5.53. The predicted octanol–water partition coefficient (Wildman–Crippen LogP) is 7.35. The van der Waals surface area contributed by atoms with Gasteiger partial charge in [-0.15, -0.1) is 0 Å². The van der Waals surface area contributed by atoms with Crippen LogP contribution >= 0.6 is 0 Å². The van der Waals surface area contributed by atoms with E-state index >= 15 is 0 Å². The molecule has 2 aromatic carbocycles. The van der Waals surface area contributed by atoms with Crippen LogP contribution in [-0.2, 0) is 19.5 Å². The first-order chi connectivity index (χ1) is 17.8. The van der Waals surface area contributed by atoms with Crippen molar-refractivity contribution in [3.05, 3.63) is 65.5 Å². The van der Waals surface area contributed by atoms with E-state index in [1.165, 1.54) is 43.4 Å². The Morgan fingerprint density at radius 2 is 1.73 bits per heavy atom. The van der Waals surface area contributed by atoms with Crippen molar-refractivity contribution < 1.29 is 0 Å². The number of anilines is 1. The zero-order valence-electron chi connectivity index (χ0n) is 23.1. The molecule has 37 heavy (non-hydrogen) atoms. The Morgan fingerprint density at radius 1 is 1.00 bits per heavy atom. The van der Waals surface area contributed by atoms with Gasteiger partial charge in [0, 0.05) is 30.4 Å². The summed E-state index contributed by atoms with van der Waals surface area (Å²) < 4.78 is 2.38. The van der Waals surface area contributed by atoms with Crippen LogP contribution in [-0.4, -0.2) is 31.5 Å². The molecular weight excluding hydrogens is 454 g/mol. The molecule has 196 valence electrons. The number of fused-ring (bicyclic) bond motifs is 3. The average Bonchev–Trinajstić information content (AvgIpc) is 3.20. The van der Waals surface area contributed by atoms with Crippen LogP contribution in [0.1, 0.15) is 83.2 Å². The lowest BCUT2D eigenvalue weighted by Crippen LogP contribution is -2.42. The van der Waals surface area contributed by atoms with E-state index in [9.17, 15) is 0 Å². The van der Waals surface area contributed by atoms with Crippen molar-refractivity contribution in [3.63, 3.8) is 0 Å². The number of hydrogen-bond donors (Lipinski definition) is 1. The first-order valence-electron chi connectivity index (χ1n) is 14.2. The number of pyridine rings is 1. The van der Waals surface area contributed by atoms with Gasteiger partial charge in [0.15, 0.2) is 5.82 Å². The third-order valence-corrected chi connectivity index (χ3v) is 8.16. The quantitative estimate of drug-likeness (QED) is 0.249. The number of nitrogen functional groups attached to an aromatic ring is 1. The average molecular weight is 498 g/mol. The highest BCUT2D eigenvalue weighted by Crippen LogP contribution is 2.32. The van der Waals surface area contributed by atoms with Crippen LogP contribution in [0.3, 0.4) is 0 Å². The third-order valence-electron chi connectivity index (χ3n) is 8.16. The molecular formula is C32H43N5. The van der Waals surface area contributed by atoms with Crippen LogP contribution in [0.25, 0.3) is 21.9 Å². The molecule has 4 aromatic rings. The molecule has 2 N–H and O–H groups in total. The van der Waals surface area contributed by atoms with E-state index in [0.29, 0.717) is 5.82 Å². The molecule has 0 amide bonds. The van der Waals surface area contributed by atoms with Crippen LogP contribution < -0.4 is 5.73 Å². The van der Waals surface area contributed by atoms with E-state index < -0.39 is 0 Å².